The third-order valence-electron chi connectivity index (χ3n) is 10.2. The summed E-state index contributed by atoms with van der Waals surface area (Å²) < 4.78 is 10.6. The van der Waals surface area contributed by atoms with Crippen LogP contribution >= 0.6 is 11.6 Å². The highest BCUT2D eigenvalue weighted by Gasteiger charge is 2.38. The Morgan fingerprint density at radius 3 is 2.25 bits per heavy atom. The van der Waals surface area contributed by atoms with Gasteiger partial charge in [0, 0.05) is 27.9 Å². The number of carbonyl (C=O) groups excluding carboxylic acids is 3. The predicted octanol–water partition coefficient (Wildman–Crippen LogP) is 6.49. The van der Waals surface area contributed by atoms with E-state index in [0.717, 1.165) is 33.6 Å². The Labute approximate surface area is 328 Å². The largest absolute Gasteiger partial charge is 0.490 e. The maximum absolute atomic E-state index is 14.3. The van der Waals surface area contributed by atoms with Crippen molar-refractivity contribution in [3.63, 3.8) is 0 Å². The molecule has 0 unspecified atom stereocenters. The first kappa shape index (κ1) is 41.4. The second kappa shape index (κ2) is 18.2. The summed E-state index contributed by atoms with van der Waals surface area (Å²) in [6.45, 7) is 9.55. The number of nitrogens with one attached hydrogen (secondary N) is 2. The highest BCUT2D eigenvalue weighted by molar-refractivity contribution is 6.30. The van der Waals surface area contributed by atoms with Crippen molar-refractivity contribution >= 4 is 29.4 Å². The Morgan fingerprint density at radius 1 is 0.909 bits per heavy atom. The first-order valence-corrected chi connectivity index (χ1v) is 19.0. The Bertz CT molecular complexity index is 1940. The summed E-state index contributed by atoms with van der Waals surface area (Å²) in [5.41, 5.74) is 5.55. The van der Waals surface area contributed by atoms with Crippen LogP contribution in [0.5, 0.6) is 5.75 Å². The van der Waals surface area contributed by atoms with Crippen molar-refractivity contribution in [2.45, 2.75) is 84.6 Å². The molecule has 1 aliphatic rings. The van der Waals surface area contributed by atoms with Crippen LogP contribution in [0.4, 0.5) is 0 Å². The van der Waals surface area contributed by atoms with Crippen molar-refractivity contribution in [1.29, 1.82) is 0 Å². The highest BCUT2D eigenvalue weighted by Crippen LogP contribution is 2.33. The molecule has 10 nitrogen and oxygen atoms in total. The summed E-state index contributed by atoms with van der Waals surface area (Å²) in [6.07, 6.45) is -1.88. The quantitative estimate of drug-likeness (QED) is 0.107. The molecule has 0 bridgehead atoms. The molecule has 3 aromatic carbocycles. The molecule has 0 spiro atoms. The molecule has 1 aromatic heterocycles. The number of carbonyl (C=O) groups is 3. The van der Waals surface area contributed by atoms with E-state index in [9.17, 15) is 24.6 Å². The number of aromatic nitrogens is 1. The highest BCUT2D eigenvalue weighted by atomic mass is 35.5. The van der Waals surface area contributed by atoms with Crippen LogP contribution in [0.2, 0.25) is 5.02 Å². The van der Waals surface area contributed by atoms with E-state index < -0.39 is 53.4 Å². The molecule has 0 saturated carbocycles. The van der Waals surface area contributed by atoms with Gasteiger partial charge in [-0.3, -0.25) is 19.4 Å². The zero-order chi connectivity index (χ0) is 39.9. The molecule has 55 heavy (non-hydrogen) atoms. The van der Waals surface area contributed by atoms with Crippen LogP contribution in [0.15, 0.2) is 84.9 Å². The van der Waals surface area contributed by atoms with Gasteiger partial charge < -0.3 is 30.3 Å². The molecule has 6 atom stereocenters. The number of hydrogen-bond donors (Lipinski definition) is 4. The summed E-state index contributed by atoms with van der Waals surface area (Å²) in [7, 11) is 1.29. The number of para-hydroxylation sites is 1. The number of nitrogens with zero attached hydrogens (tertiary/aromatic N) is 1. The van der Waals surface area contributed by atoms with E-state index in [1.807, 2.05) is 89.2 Å². The fraction of sp³-hybridized carbons (Fsp3) is 0.409. The van der Waals surface area contributed by atoms with Gasteiger partial charge in [0.25, 0.3) is 0 Å². The van der Waals surface area contributed by atoms with Crippen molar-refractivity contribution < 1.29 is 34.1 Å². The van der Waals surface area contributed by atoms with E-state index in [2.05, 4.69) is 15.6 Å². The summed E-state index contributed by atoms with van der Waals surface area (Å²) >= 11 is 6.34. The lowest BCUT2D eigenvalue weighted by Crippen LogP contribution is -2.51. The van der Waals surface area contributed by atoms with E-state index >= 15 is 0 Å². The van der Waals surface area contributed by atoms with Crippen LogP contribution in [0, 0.1) is 31.1 Å². The smallest absolute Gasteiger partial charge is 0.306 e. The standard InChI is InChI=1S/C44H52ClN3O7/c1-26-18-31(19-27(2)46-26)30-16-14-28(15-17-30)22-36(47-43(53)35(44(3,4)5)24-40(51)54-6)37(49)23-32(20-29-10-9-11-33(45)21-29)42(52)48-41-34-12-7-8-13-39(34)55-25-38(41)50/h7-19,21,32,35-38,41,49-50H,20,22-25H2,1-6H3,(H,47,53)(H,48,52)/t32-,35-,36+,37+,38-,41+/m1/s1. The summed E-state index contributed by atoms with van der Waals surface area (Å²) in [4.78, 5) is 45.2. The van der Waals surface area contributed by atoms with Gasteiger partial charge >= 0.3 is 5.97 Å². The van der Waals surface area contributed by atoms with E-state index in [0.29, 0.717) is 16.3 Å². The molecule has 5 rings (SSSR count). The fourth-order valence-electron chi connectivity index (χ4n) is 7.18. The third kappa shape index (κ3) is 11.2. The number of rotatable bonds is 14. The molecular formula is C44H52ClN3O7. The molecule has 0 aliphatic carbocycles. The molecule has 0 fully saturated rings. The first-order valence-electron chi connectivity index (χ1n) is 18.7. The first-order chi connectivity index (χ1) is 26.1. The van der Waals surface area contributed by atoms with Crippen LogP contribution in [-0.2, 0) is 32.0 Å². The van der Waals surface area contributed by atoms with Gasteiger partial charge in [-0.15, -0.1) is 0 Å². The van der Waals surface area contributed by atoms with Crippen LogP contribution < -0.4 is 15.4 Å². The van der Waals surface area contributed by atoms with Gasteiger partial charge in [-0.1, -0.05) is 87.0 Å². The maximum atomic E-state index is 14.3. The summed E-state index contributed by atoms with van der Waals surface area (Å²) in [6, 6.07) is 24.8. The number of aliphatic hydroxyl groups is 2. The number of aryl methyl sites for hydroxylation is 2. The Kier molecular flexibility index (Phi) is 13.7. The zero-order valence-corrected chi connectivity index (χ0v) is 33.1. The van der Waals surface area contributed by atoms with E-state index in [-0.39, 0.29) is 38.2 Å². The fourth-order valence-corrected chi connectivity index (χ4v) is 7.39. The molecule has 2 amide bonds. The minimum atomic E-state index is -1.20. The molecule has 292 valence electrons. The number of hydrogen-bond acceptors (Lipinski definition) is 8. The maximum Gasteiger partial charge on any atom is 0.306 e. The van der Waals surface area contributed by atoms with Gasteiger partial charge in [-0.05, 0) is 91.1 Å². The minimum absolute atomic E-state index is 0.0112. The van der Waals surface area contributed by atoms with Crippen molar-refractivity contribution in [3.05, 3.63) is 118 Å². The van der Waals surface area contributed by atoms with Crippen molar-refractivity contribution in [3.8, 4) is 16.9 Å². The number of esters is 1. The zero-order valence-electron chi connectivity index (χ0n) is 32.3. The number of benzene rings is 3. The van der Waals surface area contributed by atoms with Gasteiger partial charge in [0.15, 0.2) is 0 Å². The van der Waals surface area contributed by atoms with Gasteiger partial charge in [-0.2, -0.15) is 0 Å². The normalized spacial score (nSPS) is 17.5. The molecule has 2 heterocycles. The number of pyridine rings is 1. The van der Waals surface area contributed by atoms with Crippen molar-refractivity contribution in [2.75, 3.05) is 13.7 Å². The van der Waals surface area contributed by atoms with Crippen LogP contribution in [0.25, 0.3) is 11.1 Å². The number of aliphatic hydroxyl groups excluding tert-OH is 2. The van der Waals surface area contributed by atoms with Crippen LogP contribution in [0.1, 0.15) is 67.7 Å². The lowest BCUT2D eigenvalue weighted by Gasteiger charge is -2.34. The molecule has 0 radical (unpaired) electrons. The van der Waals surface area contributed by atoms with Crippen LogP contribution in [0.3, 0.4) is 0 Å². The van der Waals surface area contributed by atoms with Gasteiger partial charge in [0.1, 0.15) is 18.5 Å². The molecule has 4 N–H and O–H groups in total. The average Bonchev–Trinajstić information content (AvgIpc) is 3.13. The lowest BCUT2D eigenvalue weighted by atomic mass is 9.77. The number of fused-ring (bicyclic) bond motifs is 1. The second-order valence-corrected chi connectivity index (χ2v) is 16.0. The molecule has 0 saturated heterocycles. The second-order valence-electron chi connectivity index (χ2n) is 15.6. The molecule has 4 aromatic rings. The third-order valence-corrected chi connectivity index (χ3v) is 10.4. The average molecular weight is 770 g/mol. The molecular weight excluding hydrogens is 718 g/mol. The van der Waals surface area contributed by atoms with E-state index in [4.69, 9.17) is 21.1 Å². The Balaban J connectivity index is 1.45. The van der Waals surface area contributed by atoms with E-state index in [1.54, 1.807) is 30.3 Å². The number of amides is 2. The van der Waals surface area contributed by atoms with Gasteiger partial charge in [0.2, 0.25) is 11.8 Å². The van der Waals surface area contributed by atoms with Crippen LogP contribution in [-0.4, -0.2) is 64.9 Å². The monoisotopic (exact) mass is 769 g/mol. The number of ether oxygens (including phenoxy) is 2. The molecule has 11 heteroatoms. The summed E-state index contributed by atoms with van der Waals surface area (Å²) in [5, 5.41) is 29.6. The lowest BCUT2D eigenvalue weighted by molar-refractivity contribution is -0.146. The number of methoxy groups -OCH3 is 1. The SMILES string of the molecule is COC(=O)C[C@H](C(=O)N[C@@H](Cc1ccc(-c2cc(C)nc(C)c2)cc1)[C@@H](O)C[C@@H](Cc1cccc(Cl)c1)C(=O)N[C@H]1c2ccccc2OC[C@H]1O)C(C)(C)C. The van der Waals surface area contributed by atoms with Crippen molar-refractivity contribution in [1.82, 2.24) is 15.6 Å². The predicted molar refractivity (Wildman–Crippen MR) is 212 cm³/mol. The Hall–Kier alpha value is -4.77. The summed E-state index contributed by atoms with van der Waals surface area (Å²) in [5.74, 6) is -2.26. The minimum Gasteiger partial charge on any atom is -0.490 e. The Morgan fingerprint density at radius 2 is 1.60 bits per heavy atom. The number of halogens is 1. The van der Waals surface area contributed by atoms with Crippen molar-refractivity contribution in [2.24, 2.45) is 17.3 Å². The topological polar surface area (TPSA) is 147 Å². The van der Waals surface area contributed by atoms with E-state index in [1.165, 1.54) is 7.11 Å². The van der Waals surface area contributed by atoms with Gasteiger partial charge in [0.05, 0.1) is 37.6 Å². The van der Waals surface area contributed by atoms with Gasteiger partial charge in [-0.25, -0.2) is 0 Å². The molecule has 1 aliphatic heterocycles.